The van der Waals surface area contributed by atoms with Crippen molar-refractivity contribution in [3.63, 3.8) is 0 Å². The highest BCUT2D eigenvalue weighted by Crippen LogP contribution is 2.64. The van der Waals surface area contributed by atoms with Gasteiger partial charge in [0.15, 0.2) is 0 Å². The summed E-state index contributed by atoms with van der Waals surface area (Å²) in [5, 5.41) is 11.3. The molecule has 2 nitrogen and oxygen atoms in total. The predicted molar refractivity (Wildman–Crippen MR) is 58.9 cm³/mol. The smallest absolute Gasteiger partial charge is 0.0476 e. The SMILES string of the molecule is O=C([O-])C12CC3CC(CC(I)(C3)C1)C2. The molecule has 4 fully saturated rings. The molecule has 2 unspecified atom stereocenters. The molecule has 14 heavy (non-hydrogen) atoms. The van der Waals surface area contributed by atoms with Gasteiger partial charge in [-0.15, -0.1) is 0 Å². The van der Waals surface area contributed by atoms with Crippen LogP contribution in [0.25, 0.3) is 0 Å². The zero-order valence-corrected chi connectivity index (χ0v) is 10.2. The lowest BCUT2D eigenvalue weighted by atomic mass is 9.49. The second-order valence-electron chi connectivity index (χ2n) is 5.68. The van der Waals surface area contributed by atoms with Gasteiger partial charge in [0.05, 0.1) is 0 Å². The molecule has 78 valence electrons. The zero-order chi connectivity index (χ0) is 9.97. The fraction of sp³-hybridized carbons (Fsp3) is 0.909. The minimum atomic E-state index is -0.771. The number of alkyl halides is 1. The lowest BCUT2D eigenvalue weighted by Gasteiger charge is -2.60. The number of hydrogen-bond donors (Lipinski definition) is 0. The standard InChI is InChI=1S/C11H15IO2/c12-11-4-7-1-8(5-11)3-10(2-7,6-11)9(13)14/h7-8H,1-6H2,(H,13,14)/p-1. The van der Waals surface area contributed by atoms with Crippen molar-refractivity contribution in [1.29, 1.82) is 0 Å². The van der Waals surface area contributed by atoms with Crippen LogP contribution < -0.4 is 5.11 Å². The third-order valence-electron chi connectivity index (χ3n) is 4.42. The predicted octanol–water partition coefficient (Wildman–Crippen LogP) is 1.51. The van der Waals surface area contributed by atoms with Gasteiger partial charge in [-0.3, -0.25) is 0 Å². The summed E-state index contributed by atoms with van der Waals surface area (Å²) in [6.07, 6.45) is 6.45. The first kappa shape index (κ1) is 9.43. The van der Waals surface area contributed by atoms with Crippen LogP contribution >= 0.6 is 22.6 Å². The Kier molecular flexibility index (Phi) is 1.79. The molecule has 0 heterocycles. The van der Waals surface area contributed by atoms with Gasteiger partial charge in [-0.1, -0.05) is 22.6 Å². The topological polar surface area (TPSA) is 40.1 Å². The summed E-state index contributed by atoms with van der Waals surface area (Å²) in [4.78, 5) is 11.3. The second kappa shape index (κ2) is 2.66. The van der Waals surface area contributed by atoms with Crippen molar-refractivity contribution in [3.8, 4) is 0 Å². The van der Waals surface area contributed by atoms with E-state index in [2.05, 4.69) is 22.6 Å². The number of carboxylic acid groups (broad SMARTS) is 1. The van der Waals surface area contributed by atoms with E-state index < -0.39 is 11.4 Å². The molecule has 0 radical (unpaired) electrons. The molecule has 0 aromatic heterocycles. The molecule has 4 bridgehead atoms. The molecule has 0 spiro atoms. The third kappa shape index (κ3) is 1.17. The van der Waals surface area contributed by atoms with Crippen LogP contribution in [-0.4, -0.2) is 9.39 Å². The molecule has 4 aliphatic carbocycles. The molecule has 0 aromatic carbocycles. The van der Waals surface area contributed by atoms with Crippen LogP contribution in [0.15, 0.2) is 0 Å². The highest BCUT2D eigenvalue weighted by atomic mass is 127. The van der Waals surface area contributed by atoms with E-state index in [0.29, 0.717) is 15.3 Å². The van der Waals surface area contributed by atoms with E-state index in [-0.39, 0.29) is 0 Å². The molecule has 0 aromatic rings. The van der Waals surface area contributed by atoms with Crippen LogP contribution in [0.4, 0.5) is 0 Å². The third-order valence-corrected chi connectivity index (χ3v) is 5.68. The second-order valence-corrected chi connectivity index (χ2v) is 7.97. The lowest BCUT2D eigenvalue weighted by molar-refractivity contribution is -0.326. The van der Waals surface area contributed by atoms with Gasteiger partial charge >= 0.3 is 0 Å². The Bertz CT molecular complexity index is 286. The normalized spacial score (nSPS) is 54.9. The van der Waals surface area contributed by atoms with Crippen molar-refractivity contribution in [2.45, 2.75) is 41.9 Å². The summed E-state index contributed by atoms with van der Waals surface area (Å²) >= 11 is 2.52. The quantitative estimate of drug-likeness (QED) is 0.544. The number of carboxylic acids is 1. The number of carbonyl (C=O) groups excluding carboxylic acids is 1. The van der Waals surface area contributed by atoms with Crippen LogP contribution in [0, 0.1) is 17.3 Å². The number of hydrogen-bond acceptors (Lipinski definition) is 2. The largest absolute Gasteiger partial charge is 0.550 e. The molecular formula is C11H14IO2-. The molecular weight excluding hydrogens is 291 g/mol. The van der Waals surface area contributed by atoms with Crippen molar-refractivity contribution in [3.05, 3.63) is 0 Å². The number of carbonyl (C=O) groups is 1. The van der Waals surface area contributed by atoms with E-state index in [1.54, 1.807) is 0 Å². The highest BCUT2D eigenvalue weighted by molar-refractivity contribution is 14.1. The maximum Gasteiger partial charge on any atom is 0.0476 e. The van der Waals surface area contributed by atoms with Crippen LogP contribution in [0.5, 0.6) is 0 Å². The lowest BCUT2D eigenvalue weighted by Crippen LogP contribution is -2.58. The maximum absolute atomic E-state index is 11.3. The van der Waals surface area contributed by atoms with Gasteiger partial charge in [-0.05, 0) is 50.4 Å². The Labute approximate surface area is 97.6 Å². The van der Waals surface area contributed by atoms with Gasteiger partial charge < -0.3 is 9.90 Å². The summed E-state index contributed by atoms with van der Waals surface area (Å²) in [6.45, 7) is 0. The van der Waals surface area contributed by atoms with E-state index in [9.17, 15) is 9.90 Å². The summed E-state index contributed by atoms with van der Waals surface area (Å²) in [5.74, 6) is 0.574. The zero-order valence-electron chi connectivity index (χ0n) is 8.09. The Morgan fingerprint density at radius 2 is 1.79 bits per heavy atom. The number of halogens is 1. The van der Waals surface area contributed by atoms with E-state index in [4.69, 9.17) is 0 Å². The average molecular weight is 305 g/mol. The average Bonchev–Trinajstić information content (AvgIpc) is 1.98. The summed E-state index contributed by atoms with van der Waals surface area (Å²) in [7, 11) is 0. The number of aliphatic carboxylic acids is 1. The molecule has 4 rings (SSSR count). The first-order chi connectivity index (χ1) is 6.51. The van der Waals surface area contributed by atoms with E-state index in [1.165, 1.54) is 19.3 Å². The Balaban J connectivity index is 2.00. The van der Waals surface area contributed by atoms with Crippen LogP contribution in [0.3, 0.4) is 0 Å². The Hall–Kier alpha value is 0.200. The van der Waals surface area contributed by atoms with Gasteiger partial charge in [0.1, 0.15) is 0 Å². The van der Waals surface area contributed by atoms with Crippen molar-refractivity contribution >= 4 is 28.6 Å². The summed E-state index contributed by atoms with van der Waals surface area (Å²) < 4.78 is 0.294. The molecule has 0 aliphatic heterocycles. The van der Waals surface area contributed by atoms with Crippen LogP contribution in [0.2, 0.25) is 0 Å². The molecule has 4 aliphatic rings. The monoisotopic (exact) mass is 305 g/mol. The fourth-order valence-electron chi connectivity index (χ4n) is 4.39. The summed E-state index contributed by atoms with van der Waals surface area (Å²) in [6, 6.07) is 0. The van der Waals surface area contributed by atoms with Crippen LogP contribution in [0.1, 0.15) is 38.5 Å². The summed E-state index contributed by atoms with van der Waals surface area (Å²) in [5.41, 5.74) is -0.439. The molecule has 3 heteroatoms. The first-order valence-corrected chi connectivity index (χ1v) is 6.50. The Morgan fingerprint density at radius 1 is 1.21 bits per heavy atom. The van der Waals surface area contributed by atoms with E-state index in [1.807, 2.05) is 0 Å². The Morgan fingerprint density at radius 3 is 2.21 bits per heavy atom. The molecule has 0 amide bonds. The van der Waals surface area contributed by atoms with Gasteiger partial charge in [0.25, 0.3) is 0 Å². The molecule has 2 atom stereocenters. The van der Waals surface area contributed by atoms with Gasteiger partial charge in [0.2, 0.25) is 0 Å². The first-order valence-electron chi connectivity index (χ1n) is 5.42. The maximum atomic E-state index is 11.3. The van der Waals surface area contributed by atoms with Crippen molar-refractivity contribution in [2.24, 2.45) is 17.3 Å². The van der Waals surface area contributed by atoms with Gasteiger partial charge in [0, 0.05) is 14.8 Å². The minimum Gasteiger partial charge on any atom is -0.550 e. The van der Waals surface area contributed by atoms with Crippen molar-refractivity contribution in [1.82, 2.24) is 0 Å². The van der Waals surface area contributed by atoms with Crippen molar-refractivity contribution in [2.75, 3.05) is 0 Å². The van der Waals surface area contributed by atoms with Crippen molar-refractivity contribution < 1.29 is 9.90 Å². The van der Waals surface area contributed by atoms with Crippen LogP contribution in [-0.2, 0) is 4.79 Å². The van der Waals surface area contributed by atoms with Gasteiger partial charge in [-0.2, -0.15) is 0 Å². The molecule has 0 N–H and O–H groups in total. The van der Waals surface area contributed by atoms with E-state index in [0.717, 1.165) is 19.3 Å². The minimum absolute atomic E-state index is 0.294. The molecule has 4 saturated carbocycles. The fourth-order valence-corrected chi connectivity index (χ4v) is 6.37. The highest BCUT2D eigenvalue weighted by Gasteiger charge is 2.57. The molecule has 0 saturated heterocycles. The number of rotatable bonds is 1. The van der Waals surface area contributed by atoms with E-state index >= 15 is 0 Å². The van der Waals surface area contributed by atoms with Gasteiger partial charge in [-0.25, -0.2) is 0 Å².